The summed E-state index contributed by atoms with van der Waals surface area (Å²) in [5.74, 6) is 0.664. The molecule has 1 amide bonds. The monoisotopic (exact) mass is 398 g/mol. The van der Waals surface area contributed by atoms with Gasteiger partial charge >= 0.3 is 6.18 Å². The van der Waals surface area contributed by atoms with Crippen LogP contribution in [0.25, 0.3) is 0 Å². The highest BCUT2D eigenvalue weighted by Gasteiger charge is 2.36. The zero-order valence-corrected chi connectivity index (χ0v) is 15.0. The number of nitrogens with one attached hydrogen (secondary N) is 1. The number of fused-ring (bicyclic) bond motifs is 3. The van der Waals surface area contributed by atoms with E-state index in [0.29, 0.717) is 28.6 Å². The Balaban J connectivity index is 1.37. The molecule has 3 fully saturated rings. The van der Waals surface area contributed by atoms with Crippen molar-refractivity contribution in [1.29, 1.82) is 0 Å². The standard InChI is InChI=1S/C17H17F3N4O2S/c18-17(19,20)15-22-23-16(27-15)26-12-3-1-11(2-4-12)14(25)21-13-9-24-7-5-10(13)6-8-24/h1-4,10,13H,5-9H2,(H,21,25)/t13-/m0/s1. The number of amides is 1. The normalized spacial score (nSPS) is 24.6. The second-order valence-electron chi connectivity index (χ2n) is 6.72. The number of alkyl halides is 3. The minimum absolute atomic E-state index is 0.157. The molecule has 144 valence electrons. The number of hydrogen-bond acceptors (Lipinski definition) is 6. The number of halogens is 3. The van der Waals surface area contributed by atoms with Crippen LogP contribution in [0.2, 0.25) is 0 Å². The van der Waals surface area contributed by atoms with Crippen LogP contribution in [-0.4, -0.2) is 46.7 Å². The van der Waals surface area contributed by atoms with Crippen LogP contribution >= 0.6 is 11.3 Å². The Labute approximate surface area is 157 Å². The minimum Gasteiger partial charge on any atom is -0.430 e. The van der Waals surface area contributed by atoms with E-state index in [9.17, 15) is 18.0 Å². The highest BCUT2D eigenvalue weighted by Crippen LogP contribution is 2.35. The second-order valence-corrected chi connectivity index (χ2v) is 7.66. The topological polar surface area (TPSA) is 67.4 Å². The van der Waals surface area contributed by atoms with Gasteiger partial charge < -0.3 is 15.0 Å². The van der Waals surface area contributed by atoms with Gasteiger partial charge in [-0.2, -0.15) is 13.2 Å². The maximum absolute atomic E-state index is 12.5. The molecule has 0 spiro atoms. The van der Waals surface area contributed by atoms with Crippen molar-refractivity contribution in [2.45, 2.75) is 25.1 Å². The Morgan fingerprint density at radius 3 is 2.44 bits per heavy atom. The van der Waals surface area contributed by atoms with E-state index in [-0.39, 0.29) is 17.1 Å². The van der Waals surface area contributed by atoms with Crippen LogP contribution in [0.5, 0.6) is 10.9 Å². The summed E-state index contributed by atoms with van der Waals surface area (Å²) in [4.78, 5) is 14.8. The van der Waals surface area contributed by atoms with Gasteiger partial charge in [0.1, 0.15) is 5.75 Å². The minimum atomic E-state index is -4.55. The van der Waals surface area contributed by atoms with Crippen molar-refractivity contribution in [3.05, 3.63) is 34.8 Å². The molecule has 0 saturated carbocycles. The zero-order valence-electron chi connectivity index (χ0n) is 14.2. The average molecular weight is 398 g/mol. The number of carbonyl (C=O) groups is 1. The molecule has 6 nitrogen and oxygen atoms in total. The van der Waals surface area contributed by atoms with Crippen LogP contribution < -0.4 is 10.1 Å². The van der Waals surface area contributed by atoms with Crippen LogP contribution in [0.15, 0.2) is 24.3 Å². The van der Waals surface area contributed by atoms with Crippen molar-refractivity contribution >= 4 is 17.2 Å². The third kappa shape index (κ3) is 4.06. The third-order valence-corrected chi connectivity index (χ3v) is 5.79. The molecule has 5 rings (SSSR count). The van der Waals surface area contributed by atoms with Crippen LogP contribution in [0.4, 0.5) is 13.2 Å². The molecule has 0 radical (unpaired) electrons. The van der Waals surface area contributed by atoms with Crippen molar-refractivity contribution < 1.29 is 22.7 Å². The van der Waals surface area contributed by atoms with Crippen molar-refractivity contribution in [3.63, 3.8) is 0 Å². The predicted octanol–water partition coefficient (Wildman–Crippen LogP) is 3.17. The van der Waals surface area contributed by atoms with Gasteiger partial charge in [-0.05, 0) is 56.1 Å². The maximum atomic E-state index is 12.5. The van der Waals surface area contributed by atoms with Crippen LogP contribution in [0.3, 0.4) is 0 Å². The molecular weight excluding hydrogens is 381 g/mol. The first kappa shape index (κ1) is 18.2. The molecule has 3 saturated heterocycles. The molecule has 27 heavy (non-hydrogen) atoms. The lowest BCUT2D eigenvalue weighted by Crippen LogP contribution is -2.57. The summed E-state index contributed by atoms with van der Waals surface area (Å²) in [5, 5.41) is 8.26. The quantitative estimate of drug-likeness (QED) is 0.857. The van der Waals surface area contributed by atoms with Gasteiger partial charge in [-0.3, -0.25) is 4.79 Å². The molecule has 0 unspecified atom stereocenters. The first-order valence-corrected chi connectivity index (χ1v) is 9.42. The number of rotatable bonds is 4. The Hall–Kier alpha value is -2.20. The summed E-state index contributed by atoms with van der Waals surface area (Å²) in [6.45, 7) is 3.09. The summed E-state index contributed by atoms with van der Waals surface area (Å²) in [7, 11) is 0. The lowest BCUT2D eigenvalue weighted by atomic mass is 9.84. The third-order valence-electron chi connectivity index (χ3n) is 4.94. The highest BCUT2D eigenvalue weighted by atomic mass is 32.1. The van der Waals surface area contributed by atoms with Gasteiger partial charge in [-0.25, -0.2) is 0 Å². The summed E-state index contributed by atoms with van der Waals surface area (Å²) in [6, 6.07) is 6.38. The van der Waals surface area contributed by atoms with Crippen molar-refractivity contribution in [2.24, 2.45) is 5.92 Å². The summed E-state index contributed by atoms with van der Waals surface area (Å²) in [6.07, 6.45) is -2.32. The first-order valence-electron chi connectivity index (χ1n) is 8.60. The largest absolute Gasteiger partial charge is 0.445 e. The van der Waals surface area contributed by atoms with Gasteiger partial charge in [0, 0.05) is 18.2 Å². The Morgan fingerprint density at radius 1 is 1.19 bits per heavy atom. The summed E-state index contributed by atoms with van der Waals surface area (Å²) in [5.41, 5.74) is 0.479. The van der Waals surface area contributed by atoms with Crippen molar-refractivity contribution in [2.75, 3.05) is 19.6 Å². The van der Waals surface area contributed by atoms with Crippen molar-refractivity contribution in [3.8, 4) is 10.9 Å². The van der Waals surface area contributed by atoms with Crippen molar-refractivity contribution in [1.82, 2.24) is 20.4 Å². The predicted molar refractivity (Wildman–Crippen MR) is 91.8 cm³/mol. The molecule has 3 aliphatic heterocycles. The molecular formula is C17H17F3N4O2S. The molecule has 10 heteroatoms. The molecule has 0 aliphatic carbocycles. The first-order chi connectivity index (χ1) is 12.9. The smallest absolute Gasteiger partial charge is 0.430 e. The lowest BCUT2D eigenvalue weighted by Gasteiger charge is -2.44. The molecule has 2 bridgehead atoms. The van der Waals surface area contributed by atoms with E-state index in [1.165, 1.54) is 12.1 Å². The molecule has 1 atom stereocenters. The van der Waals surface area contributed by atoms with Gasteiger partial charge in [0.25, 0.3) is 11.1 Å². The fourth-order valence-corrected chi connectivity index (χ4v) is 4.10. The SMILES string of the molecule is O=C(N[C@H]1CN2CCC1CC2)c1ccc(Oc2nnc(C(F)(F)F)s2)cc1. The molecule has 1 N–H and O–H groups in total. The van der Waals surface area contributed by atoms with Gasteiger partial charge in [0.2, 0.25) is 5.01 Å². The fourth-order valence-electron chi connectivity index (χ4n) is 3.52. The number of nitrogens with zero attached hydrogens (tertiary/aromatic N) is 3. The Bertz CT molecular complexity index is 816. The number of carbonyl (C=O) groups excluding carboxylic acids is 1. The number of ether oxygens (including phenoxy) is 1. The van der Waals surface area contributed by atoms with Crippen LogP contribution in [0, 0.1) is 5.92 Å². The lowest BCUT2D eigenvalue weighted by molar-refractivity contribution is -0.138. The van der Waals surface area contributed by atoms with E-state index in [2.05, 4.69) is 20.4 Å². The second kappa shape index (κ2) is 7.08. The summed E-state index contributed by atoms with van der Waals surface area (Å²) < 4.78 is 42.9. The average Bonchev–Trinajstić information content (AvgIpc) is 3.12. The van der Waals surface area contributed by atoms with E-state index in [0.717, 1.165) is 32.5 Å². The van der Waals surface area contributed by atoms with Crippen LogP contribution in [0.1, 0.15) is 28.2 Å². The maximum Gasteiger partial charge on any atom is 0.445 e. The molecule has 2 aromatic rings. The fraction of sp³-hybridized carbons (Fsp3) is 0.471. The Kier molecular flexibility index (Phi) is 4.77. The number of aromatic nitrogens is 2. The van der Waals surface area contributed by atoms with Gasteiger partial charge in [-0.15, -0.1) is 5.10 Å². The Morgan fingerprint density at radius 2 is 1.89 bits per heavy atom. The zero-order chi connectivity index (χ0) is 19.0. The molecule has 1 aromatic heterocycles. The molecule has 3 aliphatic rings. The highest BCUT2D eigenvalue weighted by molar-refractivity contribution is 7.13. The van der Waals surface area contributed by atoms with E-state index in [4.69, 9.17) is 4.74 Å². The van der Waals surface area contributed by atoms with E-state index >= 15 is 0 Å². The number of benzene rings is 1. The van der Waals surface area contributed by atoms with E-state index < -0.39 is 11.2 Å². The van der Waals surface area contributed by atoms with Gasteiger partial charge in [-0.1, -0.05) is 16.4 Å². The molecule has 4 heterocycles. The number of hydrogen-bond donors (Lipinski definition) is 1. The summed E-state index contributed by atoms with van der Waals surface area (Å²) >= 11 is 0.322. The van der Waals surface area contributed by atoms with Crippen LogP contribution in [-0.2, 0) is 6.18 Å². The van der Waals surface area contributed by atoms with E-state index in [1.807, 2.05) is 0 Å². The van der Waals surface area contributed by atoms with Gasteiger partial charge in [0.05, 0.1) is 0 Å². The van der Waals surface area contributed by atoms with E-state index in [1.54, 1.807) is 12.1 Å². The van der Waals surface area contributed by atoms with Gasteiger partial charge in [0.15, 0.2) is 0 Å². The number of piperidine rings is 3. The molecule has 1 aromatic carbocycles.